The normalized spacial score (nSPS) is 11.0. The summed E-state index contributed by atoms with van der Waals surface area (Å²) in [6.07, 6.45) is 3.24. The number of carbonyl (C=O) groups is 1. The molecule has 2 N–H and O–H groups in total. The fraction of sp³-hybridized carbons (Fsp3) is 0.111. The second-order valence-electron chi connectivity index (χ2n) is 5.19. The Morgan fingerprint density at radius 2 is 2.08 bits per heavy atom. The van der Waals surface area contributed by atoms with Crippen LogP contribution in [-0.4, -0.2) is 28.9 Å². The molecular weight excluding hydrogens is 306 g/mol. The SMILES string of the molecule is COc1cccc(/C=N/NC(=O)Cn2ccc3ccccc32)c1O. The lowest BCUT2D eigenvalue weighted by atomic mass is 10.2. The van der Waals surface area contributed by atoms with Crippen LogP contribution >= 0.6 is 0 Å². The lowest BCUT2D eigenvalue weighted by Crippen LogP contribution is -2.22. The van der Waals surface area contributed by atoms with Crippen molar-refractivity contribution in [3.05, 3.63) is 60.3 Å². The van der Waals surface area contributed by atoms with E-state index in [1.807, 2.05) is 41.1 Å². The van der Waals surface area contributed by atoms with Crippen molar-refractivity contribution in [1.29, 1.82) is 0 Å². The predicted molar refractivity (Wildman–Crippen MR) is 92.3 cm³/mol. The molecule has 0 fully saturated rings. The second-order valence-corrected chi connectivity index (χ2v) is 5.19. The molecule has 1 amide bonds. The van der Waals surface area contributed by atoms with Gasteiger partial charge < -0.3 is 14.4 Å². The van der Waals surface area contributed by atoms with Crippen LogP contribution in [-0.2, 0) is 11.3 Å². The molecule has 2 aromatic carbocycles. The molecule has 6 nitrogen and oxygen atoms in total. The maximum absolute atomic E-state index is 12.0. The largest absolute Gasteiger partial charge is 0.504 e. The van der Waals surface area contributed by atoms with Gasteiger partial charge in [-0.25, -0.2) is 5.43 Å². The number of phenolic OH excluding ortho intramolecular Hbond substituents is 1. The summed E-state index contributed by atoms with van der Waals surface area (Å²) in [4.78, 5) is 12.0. The van der Waals surface area contributed by atoms with Crippen molar-refractivity contribution in [3.63, 3.8) is 0 Å². The topological polar surface area (TPSA) is 75.8 Å². The van der Waals surface area contributed by atoms with Crippen LogP contribution in [0.15, 0.2) is 59.8 Å². The van der Waals surface area contributed by atoms with E-state index in [0.717, 1.165) is 10.9 Å². The van der Waals surface area contributed by atoms with Gasteiger partial charge >= 0.3 is 0 Å². The maximum Gasteiger partial charge on any atom is 0.259 e. The number of rotatable bonds is 5. The molecule has 0 bridgehead atoms. The highest BCUT2D eigenvalue weighted by molar-refractivity contribution is 5.87. The van der Waals surface area contributed by atoms with Crippen molar-refractivity contribution in [3.8, 4) is 11.5 Å². The van der Waals surface area contributed by atoms with Crippen LogP contribution in [0.3, 0.4) is 0 Å². The Hall–Kier alpha value is -3.28. The first-order valence-corrected chi connectivity index (χ1v) is 7.41. The summed E-state index contributed by atoms with van der Waals surface area (Å²) in [5, 5.41) is 14.9. The van der Waals surface area contributed by atoms with Gasteiger partial charge in [-0.15, -0.1) is 0 Å². The highest BCUT2D eigenvalue weighted by atomic mass is 16.5. The van der Waals surface area contributed by atoms with Gasteiger partial charge in [-0.1, -0.05) is 24.3 Å². The fourth-order valence-electron chi connectivity index (χ4n) is 2.45. The van der Waals surface area contributed by atoms with Gasteiger partial charge in [0.05, 0.1) is 13.3 Å². The molecule has 24 heavy (non-hydrogen) atoms. The summed E-state index contributed by atoms with van der Waals surface area (Å²) in [6.45, 7) is 0.162. The molecule has 1 heterocycles. The molecule has 122 valence electrons. The molecule has 0 saturated carbocycles. The highest BCUT2D eigenvalue weighted by Gasteiger charge is 2.06. The standard InChI is InChI=1S/C18H17N3O3/c1-24-16-8-4-6-14(18(16)23)11-19-20-17(22)12-21-10-9-13-5-2-3-7-15(13)21/h2-11,23H,12H2,1H3,(H,20,22)/b19-11+. The number of methoxy groups -OCH3 is 1. The number of para-hydroxylation sites is 2. The molecule has 6 heteroatoms. The molecule has 0 saturated heterocycles. The number of phenols is 1. The third-order valence-electron chi connectivity index (χ3n) is 3.64. The van der Waals surface area contributed by atoms with Gasteiger partial charge in [0.2, 0.25) is 0 Å². The zero-order chi connectivity index (χ0) is 16.9. The van der Waals surface area contributed by atoms with Crippen molar-refractivity contribution in [2.75, 3.05) is 7.11 Å². The average Bonchev–Trinajstić information content (AvgIpc) is 2.99. The van der Waals surface area contributed by atoms with E-state index in [1.165, 1.54) is 13.3 Å². The Bertz CT molecular complexity index is 899. The van der Waals surface area contributed by atoms with Gasteiger partial charge in [0, 0.05) is 17.3 Å². The number of fused-ring (bicyclic) bond motifs is 1. The minimum absolute atomic E-state index is 0.0191. The van der Waals surface area contributed by atoms with Crippen LogP contribution in [0, 0.1) is 0 Å². The van der Waals surface area contributed by atoms with Crippen LogP contribution in [0.1, 0.15) is 5.56 Å². The lowest BCUT2D eigenvalue weighted by molar-refractivity contribution is -0.121. The zero-order valence-electron chi connectivity index (χ0n) is 13.1. The Labute approximate surface area is 139 Å². The number of benzene rings is 2. The maximum atomic E-state index is 12.0. The smallest absolute Gasteiger partial charge is 0.259 e. The summed E-state index contributed by atoms with van der Waals surface area (Å²) in [5.41, 5.74) is 3.90. The van der Waals surface area contributed by atoms with Gasteiger partial charge in [0.15, 0.2) is 11.5 Å². The Morgan fingerprint density at radius 1 is 1.25 bits per heavy atom. The molecular formula is C18H17N3O3. The first-order valence-electron chi connectivity index (χ1n) is 7.41. The molecule has 1 aromatic heterocycles. The lowest BCUT2D eigenvalue weighted by Gasteiger charge is -2.06. The van der Waals surface area contributed by atoms with Crippen molar-refractivity contribution >= 4 is 23.0 Å². The van der Waals surface area contributed by atoms with Crippen molar-refractivity contribution in [2.45, 2.75) is 6.54 Å². The van der Waals surface area contributed by atoms with Gasteiger partial charge in [-0.2, -0.15) is 5.10 Å². The second kappa shape index (κ2) is 6.87. The summed E-state index contributed by atoms with van der Waals surface area (Å²) in [5.74, 6) is 0.0773. The predicted octanol–water partition coefficient (Wildman–Crippen LogP) is 2.51. The molecule has 0 spiro atoms. The minimum atomic E-state index is -0.255. The van der Waals surface area contributed by atoms with Gasteiger partial charge in [0.1, 0.15) is 6.54 Å². The number of hydrogen-bond acceptors (Lipinski definition) is 4. The number of nitrogens with one attached hydrogen (secondary N) is 1. The molecule has 0 atom stereocenters. The van der Waals surface area contributed by atoms with Crippen LogP contribution in [0.25, 0.3) is 10.9 Å². The number of aromatic hydroxyl groups is 1. The third kappa shape index (κ3) is 3.22. The summed E-state index contributed by atoms with van der Waals surface area (Å²) < 4.78 is 6.87. The van der Waals surface area contributed by atoms with E-state index < -0.39 is 0 Å². The van der Waals surface area contributed by atoms with E-state index in [1.54, 1.807) is 18.2 Å². The number of carbonyl (C=O) groups excluding carboxylic acids is 1. The number of aromatic nitrogens is 1. The minimum Gasteiger partial charge on any atom is -0.504 e. The first kappa shape index (κ1) is 15.6. The summed E-state index contributed by atoms with van der Waals surface area (Å²) >= 11 is 0. The molecule has 3 rings (SSSR count). The Morgan fingerprint density at radius 3 is 2.92 bits per heavy atom. The summed E-state index contributed by atoms with van der Waals surface area (Å²) in [6, 6.07) is 14.8. The summed E-state index contributed by atoms with van der Waals surface area (Å²) in [7, 11) is 1.47. The molecule has 0 unspecified atom stereocenters. The molecule has 0 aliphatic rings. The number of hydrazone groups is 1. The van der Waals surface area contributed by atoms with Gasteiger partial charge in [-0.3, -0.25) is 4.79 Å². The van der Waals surface area contributed by atoms with E-state index in [2.05, 4.69) is 10.5 Å². The van der Waals surface area contributed by atoms with E-state index in [-0.39, 0.29) is 18.2 Å². The van der Waals surface area contributed by atoms with Crippen LogP contribution in [0.5, 0.6) is 11.5 Å². The fourth-order valence-corrected chi connectivity index (χ4v) is 2.45. The molecule has 3 aromatic rings. The van der Waals surface area contributed by atoms with Gasteiger partial charge in [0.25, 0.3) is 5.91 Å². The zero-order valence-corrected chi connectivity index (χ0v) is 13.1. The van der Waals surface area contributed by atoms with Gasteiger partial charge in [-0.05, 0) is 29.7 Å². The highest BCUT2D eigenvalue weighted by Crippen LogP contribution is 2.27. The van der Waals surface area contributed by atoms with E-state index in [0.29, 0.717) is 11.3 Å². The quantitative estimate of drug-likeness (QED) is 0.559. The molecule has 0 radical (unpaired) electrons. The number of ether oxygens (including phenoxy) is 1. The number of hydrogen-bond donors (Lipinski definition) is 2. The van der Waals surface area contributed by atoms with Crippen LogP contribution in [0.4, 0.5) is 0 Å². The van der Waals surface area contributed by atoms with Crippen molar-refractivity contribution in [1.82, 2.24) is 9.99 Å². The number of nitrogens with zero attached hydrogens (tertiary/aromatic N) is 2. The molecule has 0 aliphatic heterocycles. The third-order valence-corrected chi connectivity index (χ3v) is 3.64. The van der Waals surface area contributed by atoms with Crippen LogP contribution in [0.2, 0.25) is 0 Å². The van der Waals surface area contributed by atoms with E-state index >= 15 is 0 Å². The molecule has 0 aliphatic carbocycles. The number of amides is 1. The Kier molecular flexibility index (Phi) is 4.47. The van der Waals surface area contributed by atoms with E-state index in [4.69, 9.17) is 4.74 Å². The van der Waals surface area contributed by atoms with Crippen LogP contribution < -0.4 is 10.2 Å². The van der Waals surface area contributed by atoms with Crippen molar-refractivity contribution < 1.29 is 14.6 Å². The van der Waals surface area contributed by atoms with E-state index in [9.17, 15) is 9.90 Å². The Balaban J connectivity index is 1.65. The average molecular weight is 323 g/mol. The monoisotopic (exact) mass is 323 g/mol. The van der Waals surface area contributed by atoms with Crippen molar-refractivity contribution in [2.24, 2.45) is 5.10 Å². The first-order chi connectivity index (χ1) is 11.7.